The van der Waals surface area contributed by atoms with E-state index in [2.05, 4.69) is 21.5 Å². The van der Waals surface area contributed by atoms with E-state index in [1.54, 1.807) is 30.5 Å². The lowest BCUT2D eigenvalue weighted by Crippen LogP contribution is -2.10. The Kier molecular flexibility index (Phi) is 5.07. The van der Waals surface area contributed by atoms with Gasteiger partial charge < -0.3 is 13.9 Å². The molecule has 0 amide bonds. The summed E-state index contributed by atoms with van der Waals surface area (Å²) in [6, 6.07) is 9.96. The number of ether oxygens (including phenoxy) is 1. The third-order valence-electron chi connectivity index (χ3n) is 4.67. The van der Waals surface area contributed by atoms with Crippen LogP contribution in [0.4, 0.5) is 4.39 Å². The van der Waals surface area contributed by atoms with E-state index in [1.165, 1.54) is 13.2 Å². The van der Waals surface area contributed by atoms with Gasteiger partial charge in [0.05, 0.1) is 30.3 Å². The molecule has 0 aliphatic rings. The van der Waals surface area contributed by atoms with Gasteiger partial charge in [-0.25, -0.2) is 19.7 Å². The Hall–Kier alpha value is -3.55. The molecule has 4 rings (SSSR count). The number of hydrogen-bond acceptors (Lipinski definition) is 5. The van der Waals surface area contributed by atoms with Crippen LogP contribution in [0, 0.1) is 5.95 Å². The quantitative estimate of drug-likeness (QED) is 0.369. The third-order valence-corrected chi connectivity index (χ3v) is 4.67. The molecule has 0 N–H and O–H groups in total. The van der Waals surface area contributed by atoms with E-state index in [-0.39, 0.29) is 5.97 Å². The minimum absolute atomic E-state index is 0.383. The van der Waals surface area contributed by atoms with Gasteiger partial charge >= 0.3 is 5.97 Å². The van der Waals surface area contributed by atoms with Gasteiger partial charge in [-0.3, -0.25) is 0 Å². The number of carbonyl (C=O) groups is 1. The summed E-state index contributed by atoms with van der Waals surface area (Å²) in [5.41, 5.74) is 2.61. The predicted octanol–water partition coefficient (Wildman–Crippen LogP) is 3.68. The largest absolute Gasteiger partial charge is 0.465 e. The monoisotopic (exact) mass is 393 g/mol. The van der Waals surface area contributed by atoms with Crippen molar-refractivity contribution in [1.82, 2.24) is 24.1 Å². The number of imidazole rings is 2. The minimum atomic E-state index is -0.550. The molecule has 0 radical (unpaired) electrons. The average molecular weight is 393 g/mol. The molecule has 1 aromatic carbocycles. The van der Waals surface area contributed by atoms with Gasteiger partial charge in [-0.2, -0.15) is 4.39 Å². The van der Waals surface area contributed by atoms with Crippen LogP contribution in [0.3, 0.4) is 0 Å². The second-order valence-electron chi connectivity index (χ2n) is 6.60. The summed E-state index contributed by atoms with van der Waals surface area (Å²) < 4.78 is 22.4. The molecular weight excluding hydrogens is 373 g/mol. The average Bonchev–Trinajstić information content (AvgIpc) is 3.32. The fourth-order valence-electron chi connectivity index (χ4n) is 3.37. The predicted molar refractivity (Wildman–Crippen MR) is 106 cm³/mol. The number of aryl methyl sites for hydroxylation is 1. The molecule has 0 saturated carbocycles. The van der Waals surface area contributed by atoms with Crippen LogP contribution in [0.1, 0.15) is 29.5 Å². The summed E-state index contributed by atoms with van der Waals surface area (Å²) in [5, 5.41) is 0. The summed E-state index contributed by atoms with van der Waals surface area (Å²) in [6.45, 7) is 3.27. The van der Waals surface area contributed by atoms with Gasteiger partial charge in [0.15, 0.2) is 5.82 Å². The standard InChI is InChI=1S/C21H20FN5O2/c1-3-10-27-17-12-14(21(28)29-2)7-8-15(17)25-19(27)13-26-11-9-23-20(26)16-5-4-6-18(22)24-16/h4-9,11-12H,3,10,13H2,1-2H3. The SMILES string of the molecule is CCCn1c(Cn2ccnc2-c2cccc(F)n2)nc2ccc(C(=O)OC)cc21. The zero-order valence-electron chi connectivity index (χ0n) is 16.2. The van der Waals surface area contributed by atoms with E-state index in [0.29, 0.717) is 23.6 Å². The number of fused-ring (bicyclic) bond motifs is 1. The molecule has 3 heterocycles. The Morgan fingerprint density at radius 2 is 2.07 bits per heavy atom. The Morgan fingerprint density at radius 3 is 2.83 bits per heavy atom. The summed E-state index contributed by atoms with van der Waals surface area (Å²) in [7, 11) is 1.36. The van der Waals surface area contributed by atoms with Gasteiger partial charge in [0.1, 0.15) is 11.5 Å². The Morgan fingerprint density at radius 1 is 1.21 bits per heavy atom. The molecule has 0 atom stereocenters. The molecule has 0 aliphatic heterocycles. The Labute approximate surface area is 166 Å². The molecule has 8 heteroatoms. The highest BCUT2D eigenvalue weighted by atomic mass is 19.1. The molecular formula is C21H20FN5O2. The zero-order chi connectivity index (χ0) is 20.4. The van der Waals surface area contributed by atoms with Crippen LogP contribution in [0.25, 0.3) is 22.6 Å². The second-order valence-corrected chi connectivity index (χ2v) is 6.60. The van der Waals surface area contributed by atoms with Gasteiger partial charge in [-0.15, -0.1) is 0 Å². The second kappa shape index (κ2) is 7.83. The van der Waals surface area contributed by atoms with E-state index in [4.69, 9.17) is 9.72 Å². The summed E-state index contributed by atoms with van der Waals surface area (Å²) >= 11 is 0. The maximum atomic E-state index is 13.6. The van der Waals surface area contributed by atoms with Crippen molar-refractivity contribution in [2.45, 2.75) is 26.4 Å². The number of pyridine rings is 1. The molecule has 0 spiro atoms. The van der Waals surface area contributed by atoms with Gasteiger partial charge in [0.25, 0.3) is 0 Å². The van der Waals surface area contributed by atoms with Crippen molar-refractivity contribution in [3.63, 3.8) is 0 Å². The normalized spacial score (nSPS) is 11.1. The molecule has 29 heavy (non-hydrogen) atoms. The Balaban J connectivity index is 1.76. The first kappa shape index (κ1) is 18.8. The van der Waals surface area contributed by atoms with Crippen LogP contribution in [-0.4, -0.2) is 37.2 Å². The van der Waals surface area contributed by atoms with Crippen LogP contribution < -0.4 is 0 Å². The van der Waals surface area contributed by atoms with Crippen molar-refractivity contribution in [2.24, 2.45) is 0 Å². The smallest absolute Gasteiger partial charge is 0.337 e. The van der Waals surface area contributed by atoms with E-state index in [0.717, 1.165) is 29.8 Å². The number of esters is 1. The van der Waals surface area contributed by atoms with Crippen molar-refractivity contribution >= 4 is 17.0 Å². The molecule has 3 aromatic heterocycles. The number of halogens is 1. The summed E-state index contributed by atoms with van der Waals surface area (Å²) in [5.74, 6) is 0.451. The van der Waals surface area contributed by atoms with E-state index < -0.39 is 5.95 Å². The van der Waals surface area contributed by atoms with E-state index in [1.807, 2.05) is 16.8 Å². The van der Waals surface area contributed by atoms with Crippen LogP contribution in [0.2, 0.25) is 0 Å². The first-order valence-corrected chi connectivity index (χ1v) is 9.32. The lowest BCUT2D eigenvalue weighted by Gasteiger charge is -2.11. The molecule has 148 valence electrons. The number of nitrogens with zero attached hydrogens (tertiary/aromatic N) is 5. The number of aromatic nitrogens is 5. The van der Waals surface area contributed by atoms with E-state index in [9.17, 15) is 9.18 Å². The van der Waals surface area contributed by atoms with Crippen LogP contribution in [0.5, 0.6) is 0 Å². The molecule has 0 bridgehead atoms. The van der Waals surface area contributed by atoms with Crippen molar-refractivity contribution in [1.29, 1.82) is 0 Å². The van der Waals surface area contributed by atoms with E-state index >= 15 is 0 Å². The molecule has 0 saturated heterocycles. The lowest BCUT2D eigenvalue weighted by molar-refractivity contribution is 0.0601. The van der Waals surface area contributed by atoms with Crippen molar-refractivity contribution in [3.8, 4) is 11.5 Å². The highest BCUT2D eigenvalue weighted by Gasteiger charge is 2.16. The van der Waals surface area contributed by atoms with Gasteiger partial charge in [0.2, 0.25) is 5.95 Å². The highest BCUT2D eigenvalue weighted by molar-refractivity contribution is 5.93. The summed E-state index contributed by atoms with van der Waals surface area (Å²) in [6.07, 6.45) is 4.38. The van der Waals surface area contributed by atoms with Crippen LogP contribution in [-0.2, 0) is 17.8 Å². The first-order valence-electron chi connectivity index (χ1n) is 9.32. The maximum Gasteiger partial charge on any atom is 0.337 e. The Bertz CT molecular complexity index is 1180. The van der Waals surface area contributed by atoms with Crippen molar-refractivity contribution < 1.29 is 13.9 Å². The van der Waals surface area contributed by atoms with Crippen LogP contribution in [0.15, 0.2) is 48.8 Å². The number of hydrogen-bond donors (Lipinski definition) is 0. The van der Waals surface area contributed by atoms with Gasteiger partial charge in [-0.1, -0.05) is 13.0 Å². The molecule has 7 nitrogen and oxygen atoms in total. The highest BCUT2D eigenvalue weighted by Crippen LogP contribution is 2.22. The third kappa shape index (κ3) is 3.61. The van der Waals surface area contributed by atoms with Gasteiger partial charge in [0, 0.05) is 18.9 Å². The van der Waals surface area contributed by atoms with Gasteiger partial charge in [-0.05, 0) is 36.8 Å². The lowest BCUT2D eigenvalue weighted by atomic mass is 10.2. The number of carbonyl (C=O) groups excluding carboxylic acids is 1. The number of rotatable bonds is 6. The maximum absolute atomic E-state index is 13.6. The number of benzene rings is 1. The molecule has 0 aliphatic carbocycles. The molecule has 4 aromatic rings. The van der Waals surface area contributed by atoms with Crippen molar-refractivity contribution in [3.05, 3.63) is 66.1 Å². The molecule has 0 fully saturated rings. The first-order chi connectivity index (χ1) is 14.1. The topological polar surface area (TPSA) is 74.8 Å². The number of methoxy groups -OCH3 is 1. The fraction of sp³-hybridized carbons (Fsp3) is 0.238. The fourth-order valence-corrected chi connectivity index (χ4v) is 3.37. The minimum Gasteiger partial charge on any atom is -0.465 e. The summed E-state index contributed by atoms with van der Waals surface area (Å²) in [4.78, 5) is 24.9. The zero-order valence-corrected chi connectivity index (χ0v) is 16.2. The van der Waals surface area contributed by atoms with Crippen molar-refractivity contribution in [2.75, 3.05) is 7.11 Å². The molecule has 0 unspecified atom stereocenters. The van der Waals surface area contributed by atoms with Crippen LogP contribution >= 0.6 is 0 Å².